The molecule has 1 aliphatic heterocycles. The van der Waals surface area contributed by atoms with Crippen LogP contribution >= 0.6 is 11.3 Å². The van der Waals surface area contributed by atoms with Crippen molar-refractivity contribution in [2.45, 2.75) is 32.0 Å². The highest BCUT2D eigenvalue weighted by Gasteiger charge is 2.31. The molecular weight excluding hydrogens is 531 g/mol. The summed E-state index contributed by atoms with van der Waals surface area (Å²) in [4.78, 5) is 32.1. The first-order valence-corrected chi connectivity index (χ1v) is 13.1. The Morgan fingerprint density at radius 1 is 1.08 bits per heavy atom. The SMILES string of the molecule is Cc1c(C(=O)N2CCC(c3nc(C(=O)Nc4cccc(OC(F)(F)F)c4)cs3)CC2)cnn1-c1ccccc1. The van der Waals surface area contributed by atoms with Crippen LogP contribution in [-0.2, 0) is 0 Å². The van der Waals surface area contributed by atoms with Crippen LogP contribution in [0.2, 0.25) is 0 Å². The Hall–Kier alpha value is -4.19. The smallest absolute Gasteiger partial charge is 0.406 e. The number of hydrogen-bond donors (Lipinski definition) is 1. The number of hydrogen-bond acceptors (Lipinski definition) is 6. The van der Waals surface area contributed by atoms with Gasteiger partial charge in [0.1, 0.15) is 11.4 Å². The van der Waals surface area contributed by atoms with Gasteiger partial charge < -0.3 is 15.0 Å². The molecule has 12 heteroatoms. The molecule has 0 saturated carbocycles. The van der Waals surface area contributed by atoms with Crippen molar-refractivity contribution >= 4 is 28.8 Å². The van der Waals surface area contributed by atoms with Gasteiger partial charge in [-0.1, -0.05) is 24.3 Å². The summed E-state index contributed by atoms with van der Waals surface area (Å²) in [5.74, 6) is -0.926. The van der Waals surface area contributed by atoms with Gasteiger partial charge in [0.25, 0.3) is 11.8 Å². The van der Waals surface area contributed by atoms with Crippen LogP contribution in [0.5, 0.6) is 5.75 Å². The lowest BCUT2D eigenvalue weighted by Crippen LogP contribution is -2.38. The molecule has 2 aromatic heterocycles. The van der Waals surface area contributed by atoms with Gasteiger partial charge in [-0.2, -0.15) is 5.10 Å². The fourth-order valence-corrected chi connectivity index (χ4v) is 5.47. The topological polar surface area (TPSA) is 89.3 Å². The summed E-state index contributed by atoms with van der Waals surface area (Å²) >= 11 is 1.35. The Kier molecular flexibility index (Phi) is 7.38. The molecule has 8 nitrogen and oxygen atoms in total. The van der Waals surface area contributed by atoms with Crippen molar-refractivity contribution in [1.82, 2.24) is 19.7 Å². The Labute approximate surface area is 226 Å². The van der Waals surface area contributed by atoms with E-state index in [-0.39, 0.29) is 23.2 Å². The van der Waals surface area contributed by atoms with Gasteiger partial charge in [0.05, 0.1) is 28.1 Å². The maximum Gasteiger partial charge on any atom is 0.573 e. The molecule has 0 spiro atoms. The second kappa shape index (κ2) is 10.9. The van der Waals surface area contributed by atoms with E-state index in [1.165, 1.54) is 23.5 Å². The van der Waals surface area contributed by atoms with Crippen LogP contribution in [0.25, 0.3) is 5.69 Å². The fourth-order valence-electron chi connectivity index (χ4n) is 4.49. The van der Waals surface area contributed by atoms with E-state index in [9.17, 15) is 22.8 Å². The van der Waals surface area contributed by atoms with Gasteiger partial charge >= 0.3 is 6.36 Å². The normalized spacial score (nSPS) is 14.3. The van der Waals surface area contributed by atoms with Gasteiger partial charge in [0, 0.05) is 36.1 Å². The third-order valence-corrected chi connectivity index (χ3v) is 7.46. The zero-order valence-corrected chi connectivity index (χ0v) is 21.6. The first kappa shape index (κ1) is 26.4. The van der Waals surface area contributed by atoms with Crippen molar-refractivity contribution < 1.29 is 27.5 Å². The van der Waals surface area contributed by atoms with E-state index in [2.05, 4.69) is 20.1 Å². The van der Waals surface area contributed by atoms with Crippen LogP contribution in [0.15, 0.2) is 66.2 Å². The highest BCUT2D eigenvalue weighted by molar-refractivity contribution is 7.10. The number of benzene rings is 2. The van der Waals surface area contributed by atoms with Crippen molar-refractivity contribution in [3.63, 3.8) is 0 Å². The highest BCUT2D eigenvalue weighted by Crippen LogP contribution is 2.32. The largest absolute Gasteiger partial charge is 0.573 e. The molecule has 0 aliphatic carbocycles. The summed E-state index contributed by atoms with van der Waals surface area (Å²) in [6.07, 6.45) is -1.82. The minimum atomic E-state index is -4.82. The van der Waals surface area contributed by atoms with E-state index < -0.39 is 18.0 Å². The number of amides is 2. The molecule has 202 valence electrons. The summed E-state index contributed by atoms with van der Waals surface area (Å²) in [6.45, 7) is 2.97. The first-order valence-electron chi connectivity index (χ1n) is 12.2. The van der Waals surface area contributed by atoms with E-state index in [0.29, 0.717) is 31.5 Å². The number of anilines is 1. The Morgan fingerprint density at radius 3 is 2.54 bits per heavy atom. The summed E-state index contributed by atoms with van der Waals surface area (Å²) < 4.78 is 43.1. The lowest BCUT2D eigenvalue weighted by atomic mass is 9.97. The number of nitrogens with one attached hydrogen (secondary N) is 1. The van der Waals surface area contributed by atoms with E-state index >= 15 is 0 Å². The van der Waals surface area contributed by atoms with Crippen LogP contribution in [-0.4, -0.2) is 50.9 Å². The number of ether oxygens (including phenoxy) is 1. The Bertz CT molecular complexity index is 1480. The number of nitrogens with zero attached hydrogens (tertiary/aromatic N) is 4. The maximum absolute atomic E-state index is 13.2. The third kappa shape index (κ3) is 6.11. The fraction of sp³-hybridized carbons (Fsp3) is 0.259. The predicted molar refractivity (Wildman–Crippen MR) is 139 cm³/mol. The molecule has 2 aromatic carbocycles. The van der Waals surface area contributed by atoms with Crippen molar-refractivity contribution in [2.75, 3.05) is 18.4 Å². The average molecular weight is 556 g/mol. The maximum atomic E-state index is 13.2. The number of carbonyl (C=O) groups is 2. The van der Waals surface area contributed by atoms with Gasteiger partial charge in [-0.05, 0) is 44.0 Å². The first-order chi connectivity index (χ1) is 18.7. The van der Waals surface area contributed by atoms with Crippen LogP contribution in [0.4, 0.5) is 18.9 Å². The predicted octanol–water partition coefficient (Wildman–Crippen LogP) is 5.81. The van der Waals surface area contributed by atoms with Gasteiger partial charge in [0.2, 0.25) is 0 Å². The molecule has 0 atom stereocenters. The zero-order valence-electron chi connectivity index (χ0n) is 20.8. The van der Waals surface area contributed by atoms with E-state index in [4.69, 9.17) is 0 Å². The molecular formula is C27H24F3N5O3S. The second-order valence-electron chi connectivity index (χ2n) is 9.06. The highest BCUT2D eigenvalue weighted by atomic mass is 32.1. The van der Waals surface area contributed by atoms with Gasteiger partial charge in [-0.3, -0.25) is 9.59 Å². The molecule has 3 heterocycles. The Balaban J connectivity index is 1.18. The molecule has 0 unspecified atom stereocenters. The van der Waals surface area contributed by atoms with Crippen molar-refractivity contribution in [3.05, 3.63) is 88.1 Å². The number of para-hydroxylation sites is 1. The van der Waals surface area contributed by atoms with Crippen LogP contribution < -0.4 is 10.1 Å². The third-order valence-electron chi connectivity index (χ3n) is 6.45. The number of rotatable bonds is 6. The van der Waals surface area contributed by atoms with Crippen molar-refractivity contribution in [3.8, 4) is 11.4 Å². The molecule has 1 aliphatic rings. The minimum Gasteiger partial charge on any atom is -0.406 e. The molecule has 39 heavy (non-hydrogen) atoms. The molecule has 5 rings (SSSR count). The van der Waals surface area contributed by atoms with E-state index in [1.54, 1.807) is 16.3 Å². The minimum absolute atomic E-state index is 0.0657. The van der Waals surface area contributed by atoms with Gasteiger partial charge in [0.15, 0.2) is 0 Å². The van der Waals surface area contributed by atoms with Crippen LogP contribution in [0.1, 0.15) is 50.3 Å². The molecule has 1 fully saturated rings. The lowest BCUT2D eigenvalue weighted by molar-refractivity contribution is -0.274. The van der Waals surface area contributed by atoms with Gasteiger partial charge in [-0.15, -0.1) is 24.5 Å². The number of likely N-dealkylation sites (tertiary alicyclic amines) is 1. The van der Waals surface area contributed by atoms with Crippen LogP contribution in [0.3, 0.4) is 0 Å². The number of alkyl halides is 3. The summed E-state index contributed by atoms with van der Waals surface area (Å²) in [5, 5.41) is 9.37. The Morgan fingerprint density at radius 2 is 1.82 bits per heavy atom. The van der Waals surface area contributed by atoms with E-state index in [1.807, 2.05) is 42.2 Å². The van der Waals surface area contributed by atoms with Crippen molar-refractivity contribution in [2.24, 2.45) is 0 Å². The number of aromatic nitrogens is 3. The molecule has 1 N–H and O–H groups in total. The number of carbonyl (C=O) groups excluding carboxylic acids is 2. The molecule has 4 aromatic rings. The second-order valence-corrected chi connectivity index (χ2v) is 9.95. The number of halogens is 3. The number of piperidine rings is 1. The van der Waals surface area contributed by atoms with Crippen molar-refractivity contribution in [1.29, 1.82) is 0 Å². The van der Waals surface area contributed by atoms with E-state index in [0.717, 1.165) is 28.5 Å². The monoisotopic (exact) mass is 555 g/mol. The van der Waals surface area contributed by atoms with Crippen LogP contribution in [0, 0.1) is 6.92 Å². The van der Waals surface area contributed by atoms with Gasteiger partial charge in [-0.25, -0.2) is 9.67 Å². The molecule has 2 amide bonds. The summed E-state index contributed by atoms with van der Waals surface area (Å²) in [6, 6.07) is 14.7. The summed E-state index contributed by atoms with van der Waals surface area (Å²) in [7, 11) is 0. The average Bonchev–Trinajstić information content (AvgIpc) is 3.56. The standard InChI is InChI=1S/C27H24F3N5O3S/c1-17-22(15-31-35(17)20-7-3-2-4-8-20)26(37)34-12-10-18(11-13-34)25-33-23(16-39-25)24(36)32-19-6-5-9-21(14-19)38-27(28,29)30/h2-9,14-16,18H,10-13H2,1H3,(H,32,36). The lowest BCUT2D eigenvalue weighted by Gasteiger charge is -2.31. The number of thiazole rings is 1. The summed E-state index contributed by atoms with van der Waals surface area (Å²) in [5.41, 5.74) is 2.57. The molecule has 0 radical (unpaired) electrons. The quantitative estimate of drug-likeness (QED) is 0.325. The zero-order chi connectivity index (χ0) is 27.6. The molecule has 0 bridgehead atoms. The molecule has 1 saturated heterocycles.